The zero-order valence-electron chi connectivity index (χ0n) is 25.3. The van der Waals surface area contributed by atoms with Crippen molar-refractivity contribution >= 4 is 32.6 Å². The first-order chi connectivity index (χ1) is 23.3. The molecule has 0 bridgehead atoms. The van der Waals surface area contributed by atoms with Crippen LogP contribution in [0.25, 0.3) is 83.7 Å². The van der Waals surface area contributed by atoms with E-state index in [2.05, 4.69) is 120 Å². The summed E-state index contributed by atoms with van der Waals surface area (Å²) in [5, 5.41) is 4.90. The molecule has 6 aromatic carbocycles. The highest BCUT2D eigenvalue weighted by atomic mass is 15.1. The molecular formula is C42H27N5. The molecule has 0 saturated heterocycles. The molecule has 0 spiro atoms. The number of hydrogen-bond acceptors (Lipinski definition) is 4. The molecule has 0 aliphatic heterocycles. The quantitative estimate of drug-likeness (QED) is 0.197. The predicted octanol–water partition coefficient (Wildman–Crippen LogP) is 10.2. The van der Waals surface area contributed by atoms with E-state index in [1.54, 1.807) is 0 Å². The van der Waals surface area contributed by atoms with Crippen molar-refractivity contribution in [3.63, 3.8) is 0 Å². The van der Waals surface area contributed by atoms with Gasteiger partial charge in [-0.3, -0.25) is 4.57 Å². The van der Waals surface area contributed by atoms with Crippen LogP contribution in [0.3, 0.4) is 0 Å². The molecule has 9 aromatic rings. The Balaban J connectivity index is 1.18. The Hall–Kier alpha value is -6.46. The number of rotatable bonds is 5. The van der Waals surface area contributed by atoms with E-state index in [-0.39, 0.29) is 0 Å². The first-order valence-electron chi connectivity index (χ1n) is 15.7. The average Bonchev–Trinajstić information content (AvgIpc) is 3.50. The van der Waals surface area contributed by atoms with Gasteiger partial charge in [0.1, 0.15) is 5.82 Å². The number of para-hydroxylation sites is 1. The molecule has 0 aliphatic carbocycles. The molecule has 0 amide bonds. The first-order valence-corrected chi connectivity index (χ1v) is 15.7. The Morgan fingerprint density at radius 2 is 1.00 bits per heavy atom. The highest BCUT2D eigenvalue weighted by Crippen LogP contribution is 2.36. The molecule has 0 atom stereocenters. The third kappa shape index (κ3) is 4.73. The summed E-state index contributed by atoms with van der Waals surface area (Å²) in [7, 11) is 0. The van der Waals surface area contributed by atoms with Gasteiger partial charge in [0, 0.05) is 33.7 Å². The zero-order valence-corrected chi connectivity index (χ0v) is 25.3. The van der Waals surface area contributed by atoms with Gasteiger partial charge in [0.15, 0.2) is 17.5 Å². The van der Waals surface area contributed by atoms with Crippen LogP contribution in [-0.2, 0) is 0 Å². The fraction of sp³-hybridized carbons (Fsp3) is 0. The van der Waals surface area contributed by atoms with Crippen molar-refractivity contribution in [2.24, 2.45) is 0 Å². The second kappa shape index (κ2) is 11.2. The largest absolute Gasteiger partial charge is 0.294 e. The van der Waals surface area contributed by atoms with Crippen molar-refractivity contribution in [3.05, 3.63) is 164 Å². The van der Waals surface area contributed by atoms with Crippen LogP contribution in [0.1, 0.15) is 0 Å². The minimum Gasteiger partial charge on any atom is -0.294 e. The third-order valence-corrected chi connectivity index (χ3v) is 8.69. The van der Waals surface area contributed by atoms with Gasteiger partial charge in [0.25, 0.3) is 0 Å². The maximum absolute atomic E-state index is 5.00. The molecule has 47 heavy (non-hydrogen) atoms. The van der Waals surface area contributed by atoms with Gasteiger partial charge in [-0.2, -0.15) is 0 Å². The second-order valence-corrected chi connectivity index (χ2v) is 11.6. The summed E-state index contributed by atoms with van der Waals surface area (Å²) in [6, 6.07) is 54.3. The van der Waals surface area contributed by atoms with E-state index >= 15 is 0 Å². The van der Waals surface area contributed by atoms with Gasteiger partial charge < -0.3 is 0 Å². The lowest BCUT2D eigenvalue weighted by Crippen LogP contribution is -2.01. The smallest absolute Gasteiger partial charge is 0.165 e. The van der Waals surface area contributed by atoms with Gasteiger partial charge in [-0.25, -0.2) is 19.9 Å². The van der Waals surface area contributed by atoms with Crippen LogP contribution < -0.4 is 0 Å². The van der Waals surface area contributed by atoms with Crippen LogP contribution in [0, 0.1) is 0 Å². The van der Waals surface area contributed by atoms with Gasteiger partial charge in [0.2, 0.25) is 0 Å². The van der Waals surface area contributed by atoms with Crippen LogP contribution in [0.5, 0.6) is 0 Å². The van der Waals surface area contributed by atoms with E-state index in [1.165, 1.54) is 21.5 Å². The average molecular weight is 602 g/mol. The summed E-state index contributed by atoms with van der Waals surface area (Å²) < 4.78 is 2.24. The third-order valence-electron chi connectivity index (χ3n) is 8.69. The molecule has 0 fully saturated rings. The topological polar surface area (TPSA) is 56.5 Å². The Morgan fingerprint density at radius 3 is 1.77 bits per heavy atom. The van der Waals surface area contributed by atoms with Gasteiger partial charge in [0.05, 0.1) is 11.0 Å². The lowest BCUT2D eigenvalue weighted by Gasteiger charge is -2.11. The van der Waals surface area contributed by atoms with Gasteiger partial charge in [-0.15, -0.1) is 0 Å². The van der Waals surface area contributed by atoms with Crippen molar-refractivity contribution < 1.29 is 0 Å². The maximum Gasteiger partial charge on any atom is 0.165 e. The molecule has 5 nitrogen and oxygen atoms in total. The van der Waals surface area contributed by atoms with E-state index in [0.29, 0.717) is 17.5 Å². The minimum atomic E-state index is 0.575. The van der Waals surface area contributed by atoms with Crippen LogP contribution in [0.2, 0.25) is 0 Å². The molecule has 5 heteroatoms. The van der Waals surface area contributed by atoms with Crippen molar-refractivity contribution in [1.29, 1.82) is 0 Å². The lowest BCUT2D eigenvalue weighted by molar-refractivity contribution is 1.05. The monoisotopic (exact) mass is 601 g/mol. The number of fused-ring (bicyclic) bond motifs is 5. The van der Waals surface area contributed by atoms with Gasteiger partial charge in [-0.1, -0.05) is 127 Å². The Morgan fingerprint density at radius 1 is 0.383 bits per heavy atom. The van der Waals surface area contributed by atoms with Gasteiger partial charge >= 0.3 is 0 Å². The second-order valence-electron chi connectivity index (χ2n) is 11.6. The molecular weight excluding hydrogens is 574 g/mol. The van der Waals surface area contributed by atoms with Crippen molar-refractivity contribution in [2.45, 2.75) is 0 Å². The molecule has 3 heterocycles. The number of hydrogen-bond donors (Lipinski definition) is 0. The molecule has 0 radical (unpaired) electrons. The van der Waals surface area contributed by atoms with Crippen LogP contribution in [0.15, 0.2) is 164 Å². The standard InChI is InChI=1S/C42H27N5/c1-3-12-28(13-4-1)31-17-11-18-32(26-31)41-44-40(30-15-5-2-6-16-30)45-42(46-41)33-23-25-38(43-27-33)47-36-21-10-9-20-35(36)39-34-19-8-7-14-29(34)22-24-37(39)47/h1-27H. The van der Waals surface area contributed by atoms with E-state index in [9.17, 15) is 0 Å². The summed E-state index contributed by atoms with van der Waals surface area (Å²) in [6.07, 6.45) is 1.87. The van der Waals surface area contributed by atoms with Crippen molar-refractivity contribution in [3.8, 4) is 51.1 Å². The Bertz CT molecular complexity index is 2550. The predicted molar refractivity (Wildman–Crippen MR) is 191 cm³/mol. The number of nitrogens with zero attached hydrogens (tertiary/aromatic N) is 5. The first kappa shape index (κ1) is 26.9. The van der Waals surface area contributed by atoms with E-state index in [0.717, 1.165) is 44.7 Å². The number of benzene rings is 6. The molecule has 0 saturated carbocycles. The van der Waals surface area contributed by atoms with E-state index in [1.807, 2.05) is 48.7 Å². The SMILES string of the molecule is c1ccc(-c2cccc(-c3nc(-c4ccccc4)nc(-c4ccc(-n5c6ccccc6c6c7ccccc7ccc65)nc4)n3)c2)cc1. The van der Waals surface area contributed by atoms with Crippen LogP contribution in [0.4, 0.5) is 0 Å². The summed E-state index contributed by atoms with van der Waals surface area (Å²) >= 11 is 0. The lowest BCUT2D eigenvalue weighted by atomic mass is 10.0. The molecule has 3 aromatic heterocycles. The number of pyridine rings is 1. The van der Waals surface area contributed by atoms with E-state index < -0.39 is 0 Å². The van der Waals surface area contributed by atoms with Crippen LogP contribution in [-0.4, -0.2) is 24.5 Å². The molecule has 9 rings (SSSR count). The molecule has 0 aliphatic rings. The number of aromatic nitrogens is 5. The highest BCUT2D eigenvalue weighted by molar-refractivity contribution is 6.21. The van der Waals surface area contributed by atoms with Crippen molar-refractivity contribution in [2.75, 3.05) is 0 Å². The summed E-state index contributed by atoms with van der Waals surface area (Å²) in [5.41, 5.74) is 7.16. The molecule has 0 N–H and O–H groups in total. The summed E-state index contributed by atoms with van der Waals surface area (Å²) in [6.45, 7) is 0. The highest BCUT2D eigenvalue weighted by Gasteiger charge is 2.17. The van der Waals surface area contributed by atoms with E-state index in [4.69, 9.17) is 19.9 Å². The minimum absolute atomic E-state index is 0.575. The molecule has 0 unspecified atom stereocenters. The maximum atomic E-state index is 5.00. The zero-order chi connectivity index (χ0) is 31.2. The Labute approximate surface area is 271 Å². The van der Waals surface area contributed by atoms with Crippen molar-refractivity contribution in [1.82, 2.24) is 24.5 Å². The molecule has 220 valence electrons. The van der Waals surface area contributed by atoms with Gasteiger partial charge in [-0.05, 0) is 52.2 Å². The normalized spacial score (nSPS) is 11.4. The fourth-order valence-electron chi connectivity index (χ4n) is 6.46. The Kier molecular flexibility index (Phi) is 6.39. The fourth-order valence-corrected chi connectivity index (χ4v) is 6.46. The summed E-state index contributed by atoms with van der Waals surface area (Å²) in [5.74, 6) is 2.65. The summed E-state index contributed by atoms with van der Waals surface area (Å²) in [4.78, 5) is 19.9. The van der Waals surface area contributed by atoms with Crippen LogP contribution >= 0.6 is 0 Å².